The maximum atomic E-state index is 11.8. The summed E-state index contributed by atoms with van der Waals surface area (Å²) in [5.41, 5.74) is 0.544. The van der Waals surface area contributed by atoms with Gasteiger partial charge in [-0.1, -0.05) is 0 Å². The highest BCUT2D eigenvalue weighted by atomic mass is 79.9. The molecular formula is C13H11BrO3S2. The van der Waals surface area contributed by atoms with Crippen molar-refractivity contribution in [2.24, 2.45) is 0 Å². The summed E-state index contributed by atoms with van der Waals surface area (Å²) in [5.74, 6) is -0.625. The average molecular weight is 359 g/mol. The van der Waals surface area contributed by atoms with Crippen molar-refractivity contribution in [3.8, 4) is 0 Å². The van der Waals surface area contributed by atoms with Crippen molar-refractivity contribution in [2.45, 2.75) is 13.8 Å². The molecule has 0 aromatic carbocycles. The molecule has 100 valence electrons. The fourth-order valence-electron chi connectivity index (χ4n) is 1.58. The lowest BCUT2D eigenvalue weighted by Gasteiger charge is -2.02. The van der Waals surface area contributed by atoms with Crippen LogP contribution < -0.4 is 0 Å². The molecule has 2 aromatic rings. The number of hydrogen-bond acceptors (Lipinski definition) is 5. The Hall–Kier alpha value is -0.980. The summed E-state index contributed by atoms with van der Waals surface area (Å²) in [6, 6.07) is 5.30. The fourth-order valence-corrected chi connectivity index (χ4v) is 3.80. The first-order valence-electron chi connectivity index (χ1n) is 5.50. The van der Waals surface area contributed by atoms with E-state index in [4.69, 9.17) is 4.74 Å². The smallest absolute Gasteiger partial charge is 0.339 e. The van der Waals surface area contributed by atoms with Gasteiger partial charge in [-0.3, -0.25) is 4.79 Å². The summed E-state index contributed by atoms with van der Waals surface area (Å²) in [6.45, 7) is 3.58. The van der Waals surface area contributed by atoms with Crippen LogP contribution in [0.3, 0.4) is 0 Å². The topological polar surface area (TPSA) is 43.4 Å². The first-order valence-corrected chi connectivity index (χ1v) is 7.92. The quantitative estimate of drug-likeness (QED) is 0.606. The molecule has 0 bridgehead atoms. The van der Waals surface area contributed by atoms with Crippen molar-refractivity contribution >= 4 is 50.4 Å². The van der Waals surface area contributed by atoms with Gasteiger partial charge < -0.3 is 4.74 Å². The predicted molar refractivity (Wildman–Crippen MR) is 80.4 cm³/mol. The SMILES string of the molecule is Cc1cc(C(=O)OCC(=O)c2ccc(Br)s2)c(C)s1. The molecule has 0 saturated carbocycles. The lowest BCUT2D eigenvalue weighted by Crippen LogP contribution is -2.13. The summed E-state index contributed by atoms with van der Waals surface area (Å²) in [7, 11) is 0. The normalized spacial score (nSPS) is 10.5. The van der Waals surface area contributed by atoms with Crippen molar-refractivity contribution in [2.75, 3.05) is 6.61 Å². The van der Waals surface area contributed by atoms with Crippen molar-refractivity contribution in [1.29, 1.82) is 0 Å². The first-order chi connectivity index (χ1) is 8.97. The van der Waals surface area contributed by atoms with Crippen LogP contribution in [0.15, 0.2) is 22.0 Å². The maximum Gasteiger partial charge on any atom is 0.339 e. The van der Waals surface area contributed by atoms with E-state index in [9.17, 15) is 9.59 Å². The Morgan fingerprint density at radius 2 is 2.00 bits per heavy atom. The van der Waals surface area contributed by atoms with E-state index in [0.29, 0.717) is 10.4 Å². The monoisotopic (exact) mass is 358 g/mol. The molecule has 6 heteroatoms. The van der Waals surface area contributed by atoms with Crippen LogP contribution in [0, 0.1) is 13.8 Å². The Balaban J connectivity index is 1.97. The lowest BCUT2D eigenvalue weighted by molar-refractivity contribution is 0.0475. The van der Waals surface area contributed by atoms with Gasteiger partial charge in [0.15, 0.2) is 6.61 Å². The van der Waals surface area contributed by atoms with Gasteiger partial charge in [-0.2, -0.15) is 0 Å². The number of hydrogen-bond donors (Lipinski definition) is 0. The molecular weight excluding hydrogens is 348 g/mol. The second-order valence-corrected chi connectivity index (χ2v) is 7.85. The summed E-state index contributed by atoms with van der Waals surface area (Å²) in [5, 5.41) is 0. The van der Waals surface area contributed by atoms with Crippen LogP contribution >= 0.6 is 38.6 Å². The van der Waals surface area contributed by atoms with E-state index in [-0.39, 0.29) is 12.4 Å². The minimum absolute atomic E-state index is 0.186. The van der Waals surface area contributed by atoms with E-state index in [1.807, 2.05) is 13.8 Å². The molecule has 0 aliphatic rings. The molecule has 0 aliphatic carbocycles. The lowest BCUT2D eigenvalue weighted by atomic mass is 10.2. The highest BCUT2D eigenvalue weighted by Crippen LogP contribution is 2.23. The number of carbonyl (C=O) groups excluding carboxylic acids is 2. The van der Waals surface area contributed by atoms with E-state index in [1.54, 1.807) is 29.5 Å². The van der Waals surface area contributed by atoms with Gasteiger partial charge in [-0.05, 0) is 48.0 Å². The van der Waals surface area contributed by atoms with Crippen LogP contribution in [0.4, 0.5) is 0 Å². The minimum atomic E-state index is -0.439. The summed E-state index contributed by atoms with van der Waals surface area (Å²) in [4.78, 5) is 26.2. The van der Waals surface area contributed by atoms with E-state index in [1.165, 1.54) is 11.3 Å². The third kappa shape index (κ3) is 3.52. The number of esters is 1. The number of Topliss-reactive ketones (excluding diaryl/α,β-unsaturated/α-hetero) is 1. The van der Waals surface area contributed by atoms with Gasteiger partial charge in [0.1, 0.15) is 0 Å². The number of ether oxygens (including phenoxy) is 1. The molecule has 19 heavy (non-hydrogen) atoms. The van der Waals surface area contributed by atoms with Gasteiger partial charge in [-0.25, -0.2) is 4.79 Å². The molecule has 0 spiro atoms. The average Bonchev–Trinajstić information content (AvgIpc) is 2.92. The Bertz CT molecular complexity index is 628. The number of thiophene rings is 2. The highest BCUT2D eigenvalue weighted by Gasteiger charge is 2.16. The molecule has 0 aliphatic heterocycles. The standard InChI is InChI=1S/C13H11BrO3S2/c1-7-5-9(8(2)18-7)13(16)17-6-10(15)11-3-4-12(14)19-11/h3-5H,6H2,1-2H3. The van der Waals surface area contributed by atoms with Crippen LogP contribution in [0.25, 0.3) is 0 Å². The largest absolute Gasteiger partial charge is 0.454 e. The Morgan fingerprint density at radius 3 is 2.53 bits per heavy atom. The van der Waals surface area contributed by atoms with E-state index < -0.39 is 5.97 Å². The highest BCUT2D eigenvalue weighted by molar-refractivity contribution is 9.11. The third-order valence-electron chi connectivity index (χ3n) is 2.44. The van der Waals surface area contributed by atoms with Gasteiger partial charge in [0, 0.05) is 9.75 Å². The molecule has 0 saturated heterocycles. The van der Waals surface area contributed by atoms with Gasteiger partial charge >= 0.3 is 5.97 Å². The number of rotatable bonds is 4. The second-order valence-electron chi connectivity index (χ2n) is 3.93. The molecule has 3 nitrogen and oxygen atoms in total. The Labute approximate surface area is 127 Å². The Morgan fingerprint density at radius 1 is 1.26 bits per heavy atom. The molecule has 0 fully saturated rings. The molecule has 0 unspecified atom stereocenters. The molecule has 0 atom stereocenters. The Kier molecular flexibility index (Phi) is 4.54. The zero-order valence-corrected chi connectivity index (χ0v) is 13.6. The zero-order chi connectivity index (χ0) is 14.0. The summed E-state index contributed by atoms with van der Waals surface area (Å²) < 4.78 is 5.94. The van der Waals surface area contributed by atoms with Crippen molar-refractivity contribution in [3.05, 3.63) is 42.2 Å². The van der Waals surface area contributed by atoms with Crippen LogP contribution in [0.1, 0.15) is 29.8 Å². The van der Waals surface area contributed by atoms with Crippen molar-refractivity contribution < 1.29 is 14.3 Å². The van der Waals surface area contributed by atoms with E-state index >= 15 is 0 Å². The number of carbonyl (C=O) groups is 2. The van der Waals surface area contributed by atoms with Gasteiger partial charge in [-0.15, -0.1) is 22.7 Å². The van der Waals surface area contributed by atoms with Crippen molar-refractivity contribution in [1.82, 2.24) is 0 Å². The molecule has 2 aromatic heterocycles. The molecule has 2 rings (SSSR count). The van der Waals surface area contributed by atoms with Crippen LogP contribution in [-0.4, -0.2) is 18.4 Å². The third-order valence-corrected chi connectivity index (χ3v) is 5.07. The van der Waals surface area contributed by atoms with E-state index in [2.05, 4.69) is 15.9 Å². The van der Waals surface area contributed by atoms with Crippen LogP contribution in [0.5, 0.6) is 0 Å². The molecule has 2 heterocycles. The van der Waals surface area contributed by atoms with Gasteiger partial charge in [0.25, 0.3) is 0 Å². The van der Waals surface area contributed by atoms with Gasteiger partial charge in [0.2, 0.25) is 5.78 Å². The summed E-state index contributed by atoms with van der Waals surface area (Å²) in [6.07, 6.45) is 0. The summed E-state index contributed by atoms with van der Waals surface area (Å²) >= 11 is 6.16. The fraction of sp³-hybridized carbons (Fsp3) is 0.231. The molecule has 0 radical (unpaired) electrons. The minimum Gasteiger partial charge on any atom is -0.454 e. The predicted octanol–water partition coefficient (Wildman–Crippen LogP) is 4.23. The first kappa shape index (κ1) is 14.4. The van der Waals surface area contributed by atoms with Crippen molar-refractivity contribution in [3.63, 3.8) is 0 Å². The maximum absolute atomic E-state index is 11.8. The second kappa shape index (κ2) is 5.98. The van der Waals surface area contributed by atoms with Crippen LogP contribution in [-0.2, 0) is 4.74 Å². The number of aryl methyl sites for hydroxylation is 2. The van der Waals surface area contributed by atoms with Gasteiger partial charge in [0.05, 0.1) is 14.2 Å². The molecule has 0 N–H and O–H groups in total. The van der Waals surface area contributed by atoms with E-state index in [0.717, 1.165) is 13.5 Å². The number of halogens is 1. The molecule has 0 amide bonds. The number of ketones is 1. The van der Waals surface area contributed by atoms with Crippen LogP contribution in [0.2, 0.25) is 0 Å². The zero-order valence-electron chi connectivity index (χ0n) is 10.4.